The van der Waals surface area contributed by atoms with E-state index in [0.717, 1.165) is 23.5 Å². The second kappa shape index (κ2) is 7.40. The lowest BCUT2D eigenvalue weighted by atomic mass is 10.0. The molecule has 1 aromatic heterocycles. The molecule has 0 unspecified atom stereocenters. The van der Waals surface area contributed by atoms with Gasteiger partial charge in [-0.05, 0) is 26.0 Å². The lowest BCUT2D eigenvalue weighted by molar-refractivity contribution is -0.129. The Bertz CT molecular complexity index is 735. The van der Waals surface area contributed by atoms with Gasteiger partial charge in [-0.3, -0.25) is 4.79 Å². The number of carbonyl (C=O) groups is 1. The Morgan fingerprint density at radius 2 is 2.09 bits per heavy atom. The van der Waals surface area contributed by atoms with Crippen molar-refractivity contribution in [1.82, 2.24) is 4.98 Å². The molecule has 0 N–H and O–H groups in total. The normalized spacial score (nSPS) is 13.3. The number of ether oxygens (including phenoxy) is 1. The van der Waals surface area contributed by atoms with Gasteiger partial charge in [-0.2, -0.15) is 5.26 Å². The van der Waals surface area contributed by atoms with Gasteiger partial charge in [0.05, 0.1) is 17.3 Å². The Balaban J connectivity index is 2.34. The van der Waals surface area contributed by atoms with Crippen LogP contribution in [0.2, 0.25) is 0 Å². The van der Waals surface area contributed by atoms with E-state index in [-0.39, 0.29) is 16.3 Å². The number of halogens is 2. The van der Waals surface area contributed by atoms with Crippen molar-refractivity contribution in [2.75, 3.05) is 6.61 Å². The zero-order valence-electron chi connectivity index (χ0n) is 12.5. The van der Waals surface area contributed by atoms with Crippen molar-refractivity contribution in [3.63, 3.8) is 0 Å². The number of hydrogen-bond donors (Lipinski definition) is 0. The summed E-state index contributed by atoms with van der Waals surface area (Å²) < 4.78 is 32.8. The van der Waals surface area contributed by atoms with Crippen LogP contribution in [0.4, 0.5) is 8.78 Å². The van der Waals surface area contributed by atoms with Crippen LogP contribution in [0.3, 0.4) is 0 Å². The van der Waals surface area contributed by atoms with Gasteiger partial charge in [-0.15, -0.1) is 11.3 Å². The van der Waals surface area contributed by atoms with Gasteiger partial charge in [-0.25, -0.2) is 13.8 Å². The Kier molecular flexibility index (Phi) is 5.53. The molecule has 4 nitrogen and oxygen atoms in total. The number of thiazole rings is 1. The van der Waals surface area contributed by atoms with Crippen LogP contribution in [-0.4, -0.2) is 23.5 Å². The van der Waals surface area contributed by atoms with Gasteiger partial charge in [0, 0.05) is 12.0 Å². The molecule has 2 aromatic rings. The SMILES string of the molecule is CCO[C@@H](C)C(=O)[C@@H](C#N)c1nc(-c2c(F)cccc2F)cs1. The monoisotopic (exact) mass is 336 g/mol. The van der Waals surface area contributed by atoms with Gasteiger partial charge in [-0.1, -0.05) is 6.07 Å². The quantitative estimate of drug-likeness (QED) is 0.807. The maximum atomic E-state index is 13.8. The molecule has 0 radical (unpaired) electrons. The van der Waals surface area contributed by atoms with Crippen LogP contribution < -0.4 is 0 Å². The highest BCUT2D eigenvalue weighted by Crippen LogP contribution is 2.30. The number of Topliss-reactive ketones (excluding diaryl/α,β-unsaturated/α-hetero) is 1. The van der Waals surface area contributed by atoms with E-state index in [1.165, 1.54) is 11.4 Å². The zero-order chi connectivity index (χ0) is 17.0. The molecule has 0 fully saturated rings. The third-order valence-electron chi connectivity index (χ3n) is 3.22. The highest BCUT2D eigenvalue weighted by Gasteiger charge is 2.29. The molecule has 0 bridgehead atoms. The predicted molar refractivity (Wildman–Crippen MR) is 81.9 cm³/mol. The predicted octanol–water partition coefficient (Wildman–Crippen LogP) is 3.69. The number of aromatic nitrogens is 1. The van der Waals surface area contributed by atoms with Crippen LogP contribution in [-0.2, 0) is 9.53 Å². The highest BCUT2D eigenvalue weighted by atomic mass is 32.1. The number of nitrogens with zero attached hydrogens (tertiary/aromatic N) is 2. The van der Waals surface area contributed by atoms with E-state index >= 15 is 0 Å². The molecule has 0 spiro atoms. The molecule has 0 amide bonds. The highest BCUT2D eigenvalue weighted by molar-refractivity contribution is 7.10. The first-order valence-corrected chi connectivity index (χ1v) is 7.82. The lowest BCUT2D eigenvalue weighted by Crippen LogP contribution is -2.26. The third-order valence-corrected chi connectivity index (χ3v) is 4.13. The summed E-state index contributed by atoms with van der Waals surface area (Å²) in [5.74, 6) is -3.04. The topological polar surface area (TPSA) is 63.0 Å². The van der Waals surface area contributed by atoms with Crippen molar-refractivity contribution in [3.05, 3.63) is 40.2 Å². The van der Waals surface area contributed by atoms with Crippen molar-refractivity contribution < 1.29 is 18.3 Å². The van der Waals surface area contributed by atoms with E-state index in [1.54, 1.807) is 13.8 Å². The molecule has 120 valence electrons. The summed E-state index contributed by atoms with van der Waals surface area (Å²) in [7, 11) is 0. The molecular weight excluding hydrogens is 322 g/mol. The van der Waals surface area contributed by atoms with Crippen molar-refractivity contribution in [3.8, 4) is 17.3 Å². The number of ketones is 1. The molecule has 0 saturated heterocycles. The maximum absolute atomic E-state index is 13.8. The van der Waals surface area contributed by atoms with Gasteiger partial charge in [0.1, 0.15) is 22.7 Å². The van der Waals surface area contributed by atoms with E-state index < -0.39 is 29.4 Å². The summed E-state index contributed by atoms with van der Waals surface area (Å²) in [4.78, 5) is 16.3. The first kappa shape index (κ1) is 17.2. The van der Waals surface area contributed by atoms with E-state index in [9.17, 15) is 18.8 Å². The number of rotatable bonds is 6. The summed E-state index contributed by atoms with van der Waals surface area (Å²) >= 11 is 1.01. The fourth-order valence-electron chi connectivity index (χ4n) is 2.08. The molecule has 0 aliphatic heterocycles. The molecule has 2 atom stereocenters. The average molecular weight is 336 g/mol. The van der Waals surface area contributed by atoms with Gasteiger partial charge in [0.2, 0.25) is 0 Å². The average Bonchev–Trinajstić information content (AvgIpc) is 2.97. The number of benzene rings is 1. The Morgan fingerprint density at radius 3 is 2.65 bits per heavy atom. The number of carbonyl (C=O) groups excluding carboxylic acids is 1. The lowest BCUT2D eigenvalue weighted by Gasteiger charge is -2.12. The fraction of sp³-hybridized carbons (Fsp3) is 0.312. The number of nitriles is 1. The minimum atomic E-state index is -1.12. The fourth-order valence-corrected chi connectivity index (χ4v) is 2.94. The molecule has 7 heteroatoms. The third kappa shape index (κ3) is 3.60. The summed E-state index contributed by atoms with van der Waals surface area (Å²) in [5.41, 5.74) is -0.199. The minimum Gasteiger partial charge on any atom is -0.371 e. The van der Waals surface area contributed by atoms with Crippen LogP contribution in [0, 0.1) is 23.0 Å². The van der Waals surface area contributed by atoms with E-state index in [1.807, 2.05) is 6.07 Å². The van der Waals surface area contributed by atoms with E-state index in [0.29, 0.717) is 6.61 Å². The molecule has 0 saturated carbocycles. The van der Waals surface area contributed by atoms with Crippen LogP contribution in [0.15, 0.2) is 23.6 Å². The second-order valence-corrected chi connectivity index (χ2v) is 5.62. The summed E-state index contributed by atoms with van der Waals surface area (Å²) in [6, 6.07) is 5.39. The summed E-state index contributed by atoms with van der Waals surface area (Å²) in [6.45, 7) is 3.64. The van der Waals surface area contributed by atoms with Crippen molar-refractivity contribution in [2.24, 2.45) is 0 Å². The molecule has 0 aliphatic rings. The zero-order valence-corrected chi connectivity index (χ0v) is 13.4. The molecule has 23 heavy (non-hydrogen) atoms. The minimum absolute atomic E-state index is 0.0673. The Morgan fingerprint density at radius 1 is 1.43 bits per heavy atom. The van der Waals surface area contributed by atoms with Crippen LogP contribution in [0.5, 0.6) is 0 Å². The summed E-state index contributed by atoms with van der Waals surface area (Å²) in [5, 5.41) is 10.9. The van der Waals surface area contributed by atoms with Gasteiger partial charge >= 0.3 is 0 Å². The first-order valence-electron chi connectivity index (χ1n) is 6.94. The van der Waals surface area contributed by atoms with Gasteiger partial charge < -0.3 is 4.74 Å². The molecule has 1 aromatic carbocycles. The standard InChI is InChI=1S/C16H14F2N2O2S/c1-3-22-9(2)15(21)10(7-19)16-20-13(8-23-16)14-11(17)5-4-6-12(14)18/h4-6,8-10H,3H2,1-2H3/t9-,10+/m0/s1. The second-order valence-electron chi connectivity index (χ2n) is 4.73. The molecule has 1 heterocycles. The summed E-state index contributed by atoms with van der Waals surface area (Å²) in [6.07, 6.45) is -0.748. The van der Waals surface area contributed by atoms with Crippen LogP contribution >= 0.6 is 11.3 Å². The molecular formula is C16H14F2N2O2S. The Labute approximate surface area is 136 Å². The Hall–Kier alpha value is -2.17. The van der Waals surface area contributed by atoms with Gasteiger partial charge in [0.25, 0.3) is 0 Å². The van der Waals surface area contributed by atoms with Crippen molar-refractivity contribution in [2.45, 2.75) is 25.9 Å². The van der Waals surface area contributed by atoms with Crippen molar-refractivity contribution in [1.29, 1.82) is 5.26 Å². The maximum Gasteiger partial charge on any atom is 0.185 e. The first-order chi connectivity index (χ1) is 11.0. The molecule has 0 aliphatic carbocycles. The van der Waals surface area contributed by atoms with E-state index in [4.69, 9.17) is 4.74 Å². The van der Waals surface area contributed by atoms with E-state index in [2.05, 4.69) is 4.98 Å². The molecule has 2 rings (SSSR count). The number of hydrogen-bond acceptors (Lipinski definition) is 5. The van der Waals surface area contributed by atoms with Crippen LogP contribution in [0.25, 0.3) is 11.3 Å². The van der Waals surface area contributed by atoms with Crippen LogP contribution in [0.1, 0.15) is 24.8 Å². The smallest absolute Gasteiger partial charge is 0.185 e. The van der Waals surface area contributed by atoms with Gasteiger partial charge in [0.15, 0.2) is 11.7 Å². The van der Waals surface area contributed by atoms with Crippen molar-refractivity contribution >= 4 is 17.1 Å². The largest absolute Gasteiger partial charge is 0.371 e.